The van der Waals surface area contributed by atoms with Crippen LogP contribution in [-0.4, -0.2) is 9.78 Å². The van der Waals surface area contributed by atoms with Crippen LogP contribution in [0.25, 0.3) is 11.1 Å². The third-order valence-electron chi connectivity index (χ3n) is 2.62. The number of rotatable bonds is 1. The SMILES string of the molecule is Cc1cccc(-c2cnn(C(C)(C)C)c2)c1. The van der Waals surface area contributed by atoms with Gasteiger partial charge in [0.05, 0.1) is 11.7 Å². The van der Waals surface area contributed by atoms with Crippen molar-refractivity contribution in [3.8, 4) is 11.1 Å². The standard InChI is InChI=1S/C14H18N2/c1-11-6-5-7-12(8-11)13-9-15-16(10-13)14(2,3)4/h5-10H,1-4H3. The van der Waals surface area contributed by atoms with Crippen molar-refractivity contribution in [2.24, 2.45) is 0 Å². The summed E-state index contributed by atoms with van der Waals surface area (Å²) in [6, 6.07) is 8.50. The van der Waals surface area contributed by atoms with Crippen LogP contribution in [0.5, 0.6) is 0 Å². The molecule has 0 N–H and O–H groups in total. The van der Waals surface area contributed by atoms with Gasteiger partial charge in [-0.05, 0) is 33.3 Å². The summed E-state index contributed by atoms with van der Waals surface area (Å²) < 4.78 is 2.00. The van der Waals surface area contributed by atoms with Crippen LogP contribution in [0.2, 0.25) is 0 Å². The molecule has 1 aromatic carbocycles. The van der Waals surface area contributed by atoms with E-state index in [1.165, 1.54) is 16.7 Å². The van der Waals surface area contributed by atoms with Crippen LogP contribution in [0.4, 0.5) is 0 Å². The maximum Gasteiger partial charge on any atom is 0.0568 e. The first-order valence-corrected chi connectivity index (χ1v) is 5.59. The van der Waals surface area contributed by atoms with Crippen molar-refractivity contribution in [1.29, 1.82) is 0 Å². The Hall–Kier alpha value is -1.57. The van der Waals surface area contributed by atoms with E-state index in [2.05, 4.69) is 63.3 Å². The molecule has 0 bridgehead atoms. The van der Waals surface area contributed by atoms with E-state index in [-0.39, 0.29) is 5.54 Å². The lowest BCUT2D eigenvalue weighted by Crippen LogP contribution is -2.21. The van der Waals surface area contributed by atoms with E-state index in [0.717, 1.165) is 0 Å². The van der Waals surface area contributed by atoms with Gasteiger partial charge in [-0.15, -0.1) is 0 Å². The van der Waals surface area contributed by atoms with Gasteiger partial charge in [-0.3, -0.25) is 4.68 Å². The number of aryl methyl sites for hydroxylation is 1. The molecular formula is C14H18N2. The summed E-state index contributed by atoms with van der Waals surface area (Å²) in [6.45, 7) is 8.57. The van der Waals surface area contributed by atoms with E-state index in [4.69, 9.17) is 0 Å². The van der Waals surface area contributed by atoms with E-state index in [9.17, 15) is 0 Å². The normalized spacial score (nSPS) is 11.8. The minimum absolute atomic E-state index is 0.0437. The quantitative estimate of drug-likeness (QED) is 0.709. The monoisotopic (exact) mass is 214 g/mol. The summed E-state index contributed by atoms with van der Waals surface area (Å²) in [7, 11) is 0. The molecule has 0 fully saturated rings. The smallest absolute Gasteiger partial charge is 0.0568 e. The van der Waals surface area contributed by atoms with Gasteiger partial charge >= 0.3 is 0 Å². The Morgan fingerprint density at radius 1 is 1.12 bits per heavy atom. The molecule has 1 aromatic heterocycles. The van der Waals surface area contributed by atoms with Gasteiger partial charge in [0.1, 0.15) is 0 Å². The van der Waals surface area contributed by atoms with E-state index in [0.29, 0.717) is 0 Å². The van der Waals surface area contributed by atoms with Crippen molar-refractivity contribution in [3.05, 3.63) is 42.2 Å². The average molecular weight is 214 g/mol. The van der Waals surface area contributed by atoms with Crippen LogP contribution in [0.3, 0.4) is 0 Å². The third kappa shape index (κ3) is 2.16. The second-order valence-electron chi connectivity index (χ2n) is 5.21. The van der Waals surface area contributed by atoms with E-state index in [1.54, 1.807) is 0 Å². The van der Waals surface area contributed by atoms with Crippen molar-refractivity contribution in [3.63, 3.8) is 0 Å². The largest absolute Gasteiger partial charge is 0.267 e. The number of benzene rings is 1. The van der Waals surface area contributed by atoms with Gasteiger partial charge in [0, 0.05) is 11.8 Å². The molecule has 16 heavy (non-hydrogen) atoms. The predicted octanol–water partition coefficient (Wildman–Crippen LogP) is 3.61. The summed E-state index contributed by atoms with van der Waals surface area (Å²) in [4.78, 5) is 0. The van der Waals surface area contributed by atoms with Crippen LogP contribution < -0.4 is 0 Å². The topological polar surface area (TPSA) is 17.8 Å². The molecule has 0 aliphatic heterocycles. The van der Waals surface area contributed by atoms with E-state index >= 15 is 0 Å². The molecular weight excluding hydrogens is 196 g/mol. The molecule has 0 radical (unpaired) electrons. The molecule has 0 spiro atoms. The summed E-state index contributed by atoms with van der Waals surface area (Å²) in [5, 5.41) is 4.41. The Kier molecular flexibility index (Phi) is 2.58. The van der Waals surface area contributed by atoms with Gasteiger partial charge in [0.15, 0.2) is 0 Å². The molecule has 0 aliphatic rings. The molecule has 0 atom stereocenters. The molecule has 2 heteroatoms. The molecule has 84 valence electrons. The Balaban J connectivity index is 2.39. The van der Waals surface area contributed by atoms with Crippen molar-refractivity contribution in [1.82, 2.24) is 9.78 Å². The molecule has 0 amide bonds. The lowest BCUT2D eigenvalue weighted by atomic mass is 10.1. The first-order chi connectivity index (χ1) is 7.47. The van der Waals surface area contributed by atoms with E-state index < -0.39 is 0 Å². The van der Waals surface area contributed by atoms with Crippen LogP contribution >= 0.6 is 0 Å². The first-order valence-electron chi connectivity index (χ1n) is 5.59. The number of hydrogen-bond donors (Lipinski definition) is 0. The van der Waals surface area contributed by atoms with Gasteiger partial charge in [-0.1, -0.05) is 29.8 Å². The second-order valence-corrected chi connectivity index (χ2v) is 5.21. The minimum atomic E-state index is 0.0437. The highest BCUT2D eigenvalue weighted by molar-refractivity contribution is 5.62. The van der Waals surface area contributed by atoms with Crippen molar-refractivity contribution >= 4 is 0 Å². The zero-order chi connectivity index (χ0) is 11.8. The summed E-state index contributed by atoms with van der Waals surface area (Å²) >= 11 is 0. The van der Waals surface area contributed by atoms with Gasteiger partial charge in [0.25, 0.3) is 0 Å². The Labute approximate surface area is 96.9 Å². The Morgan fingerprint density at radius 2 is 1.88 bits per heavy atom. The lowest BCUT2D eigenvalue weighted by Gasteiger charge is -2.18. The molecule has 2 aromatic rings. The molecule has 2 rings (SSSR count). The Morgan fingerprint density at radius 3 is 2.44 bits per heavy atom. The Bertz CT molecular complexity index is 489. The third-order valence-corrected chi connectivity index (χ3v) is 2.62. The first kappa shape index (κ1) is 10.9. The zero-order valence-electron chi connectivity index (χ0n) is 10.4. The van der Waals surface area contributed by atoms with Gasteiger partial charge in [0.2, 0.25) is 0 Å². The second kappa shape index (κ2) is 3.78. The van der Waals surface area contributed by atoms with Crippen LogP contribution in [0.1, 0.15) is 26.3 Å². The molecule has 0 saturated carbocycles. The maximum atomic E-state index is 4.41. The van der Waals surface area contributed by atoms with Crippen molar-refractivity contribution < 1.29 is 0 Å². The van der Waals surface area contributed by atoms with Crippen LogP contribution in [0, 0.1) is 6.92 Å². The summed E-state index contributed by atoms with van der Waals surface area (Å²) in [5.74, 6) is 0. The maximum absolute atomic E-state index is 4.41. The fraction of sp³-hybridized carbons (Fsp3) is 0.357. The minimum Gasteiger partial charge on any atom is -0.267 e. The highest BCUT2D eigenvalue weighted by Gasteiger charge is 2.14. The number of aromatic nitrogens is 2. The van der Waals surface area contributed by atoms with Gasteiger partial charge < -0.3 is 0 Å². The number of nitrogens with zero attached hydrogens (tertiary/aromatic N) is 2. The molecule has 0 aliphatic carbocycles. The van der Waals surface area contributed by atoms with Gasteiger partial charge in [-0.2, -0.15) is 5.10 Å². The molecule has 2 nitrogen and oxygen atoms in total. The molecule has 0 unspecified atom stereocenters. The van der Waals surface area contributed by atoms with Crippen molar-refractivity contribution in [2.75, 3.05) is 0 Å². The summed E-state index contributed by atoms with van der Waals surface area (Å²) in [5.41, 5.74) is 3.73. The van der Waals surface area contributed by atoms with Crippen molar-refractivity contribution in [2.45, 2.75) is 33.2 Å². The zero-order valence-corrected chi connectivity index (χ0v) is 10.4. The summed E-state index contributed by atoms with van der Waals surface area (Å²) in [6.07, 6.45) is 4.04. The van der Waals surface area contributed by atoms with Crippen LogP contribution in [0.15, 0.2) is 36.7 Å². The highest BCUT2D eigenvalue weighted by Crippen LogP contribution is 2.22. The highest BCUT2D eigenvalue weighted by atomic mass is 15.3. The van der Waals surface area contributed by atoms with E-state index in [1.807, 2.05) is 10.9 Å². The van der Waals surface area contributed by atoms with Gasteiger partial charge in [-0.25, -0.2) is 0 Å². The molecule has 1 heterocycles. The fourth-order valence-electron chi connectivity index (χ4n) is 1.66. The fourth-order valence-corrected chi connectivity index (χ4v) is 1.66. The lowest BCUT2D eigenvalue weighted by molar-refractivity contribution is 0.355. The average Bonchev–Trinajstić information content (AvgIpc) is 2.65. The predicted molar refractivity (Wildman–Crippen MR) is 67.4 cm³/mol. The van der Waals surface area contributed by atoms with Crippen LogP contribution in [-0.2, 0) is 5.54 Å². The molecule has 0 saturated heterocycles. The number of hydrogen-bond acceptors (Lipinski definition) is 1.